The normalized spacial score (nSPS) is 15.0. The maximum Gasteiger partial charge on any atom is 0.251 e. The van der Waals surface area contributed by atoms with Crippen molar-refractivity contribution in [3.8, 4) is 0 Å². The van der Waals surface area contributed by atoms with Gasteiger partial charge in [-0.25, -0.2) is 8.42 Å². The van der Waals surface area contributed by atoms with Crippen molar-refractivity contribution in [3.05, 3.63) is 89.5 Å². The van der Waals surface area contributed by atoms with E-state index in [9.17, 15) is 18.0 Å². The van der Waals surface area contributed by atoms with Crippen LogP contribution in [0, 0.1) is 0 Å². The van der Waals surface area contributed by atoms with Crippen LogP contribution in [0.4, 0.5) is 17.1 Å². The van der Waals surface area contributed by atoms with E-state index in [1.165, 1.54) is 10.6 Å². The number of hydrogen-bond acceptors (Lipinski definition) is 6. The van der Waals surface area contributed by atoms with Gasteiger partial charge in [-0.1, -0.05) is 43.7 Å². The van der Waals surface area contributed by atoms with Crippen LogP contribution in [0.5, 0.6) is 0 Å². The Morgan fingerprint density at radius 1 is 0.976 bits per heavy atom. The third-order valence-electron chi connectivity index (χ3n) is 6.84. The van der Waals surface area contributed by atoms with E-state index in [-0.39, 0.29) is 11.8 Å². The first kappa shape index (κ1) is 30.0. The molecule has 1 unspecified atom stereocenters. The van der Waals surface area contributed by atoms with E-state index in [1.807, 2.05) is 49.3 Å². The fourth-order valence-electron chi connectivity index (χ4n) is 4.67. The molecule has 41 heavy (non-hydrogen) atoms. The highest BCUT2D eigenvalue weighted by Crippen LogP contribution is 2.37. The molecule has 1 aliphatic rings. The lowest BCUT2D eigenvalue weighted by Gasteiger charge is -2.24. The summed E-state index contributed by atoms with van der Waals surface area (Å²) in [4.78, 5) is 33.0. The quantitative estimate of drug-likeness (QED) is 0.246. The van der Waals surface area contributed by atoms with Gasteiger partial charge in [0.05, 0.1) is 23.3 Å². The molecular formula is C31H37N5O4S. The number of fused-ring (bicyclic) bond motifs is 1. The lowest BCUT2D eigenvalue weighted by Crippen LogP contribution is -2.35. The lowest BCUT2D eigenvalue weighted by molar-refractivity contribution is -0.115. The van der Waals surface area contributed by atoms with Crippen LogP contribution in [-0.4, -0.2) is 70.8 Å². The van der Waals surface area contributed by atoms with Crippen LogP contribution in [0.15, 0.2) is 77.8 Å². The van der Waals surface area contributed by atoms with Crippen LogP contribution in [0.25, 0.3) is 0 Å². The van der Waals surface area contributed by atoms with Crippen LogP contribution in [0.1, 0.15) is 47.2 Å². The molecular weight excluding hydrogens is 538 g/mol. The summed E-state index contributed by atoms with van der Waals surface area (Å²) in [7, 11) is 0.303. The molecule has 1 heterocycles. The number of likely N-dealkylation sites (N-methyl/N-ethyl adjacent to an activating group) is 1. The molecule has 1 atom stereocenters. The van der Waals surface area contributed by atoms with Crippen LogP contribution in [0.3, 0.4) is 0 Å². The predicted octanol–water partition coefficient (Wildman–Crippen LogP) is 4.40. The Labute approximate surface area is 242 Å². The third kappa shape index (κ3) is 7.39. The van der Waals surface area contributed by atoms with Crippen molar-refractivity contribution >= 4 is 44.6 Å². The van der Waals surface area contributed by atoms with Crippen LogP contribution in [-0.2, 0) is 14.8 Å². The lowest BCUT2D eigenvalue weighted by atomic mass is 9.89. The Balaban J connectivity index is 1.72. The Morgan fingerprint density at radius 2 is 1.68 bits per heavy atom. The van der Waals surface area contributed by atoms with Gasteiger partial charge in [0.2, 0.25) is 15.9 Å². The second-order valence-electron chi connectivity index (χ2n) is 10.4. The number of sulfonamides is 1. The van der Waals surface area contributed by atoms with Crippen molar-refractivity contribution < 1.29 is 18.0 Å². The highest BCUT2D eigenvalue weighted by Gasteiger charge is 2.36. The molecule has 0 aromatic heterocycles. The maximum absolute atomic E-state index is 13.3. The number of unbranched alkanes of at least 4 members (excludes halogenated alkanes) is 1. The van der Waals surface area contributed by atoms with Crippen LogP contribution in [0.2, 0.25) is 0 Å². The minimum absolute atomic E-state index is 0.183. The molecule has 2 N–H and O–H groups in total. The molecule has 3 aromatic carbocycles. The van der Waals surface area contributed by atoms with E-state index in [1.54, 1.807) is 42.5 Å². The number of rotatable bonds is 12. The second-order valence-corrected chi connectivity index (χ2v) is 12.3. The molecule has 0 saturated carbocycles. The summed E-state index contributed by atoms with van der Waals surface area (Å²) in [6, 6.07) is 21.6. The minimum atomic E-state index is -3.48. The van der Waals surface area contributed by atoms with Crippen LogP contribution >= 0.6 is 0 Å². The first-order valence-corrected chi connectivity index (χ1v) is 15.5. The van der Waals surface area contributed by atoms with Gasteiger partial charge in [-0.05, 0) is 74.1 Å². The molecule has 0 bridgehead atoms. The van der Waals surface area contributed by atoms with Gasteiger partial charge < -0.3 is 15.5 Å². The molecule has 10 heteroatoms. The Hall–Kier alpha value is -4.02. The number of hydrogen-bond donors (Lipinski definition) is 2. The van der Waals surface area contributed by atoms with Gasteiger partial charge in [-0.3, -0.25) is 18.9 Å². The fraction of sp³-hybridized carbons (Fsp3) is 0.323. The number of nitrogens with zero attached hydrogens (tertiary/aromatic N) is 3. The summed E-state index contributed by atoms with van der Waals surface area (Å²) in [5.41, 5.74) is 4.23. The summed E-state index contributed by atoms with van der Waals surface area (Å²) in [5.74, 6) is -1.14. The Bertz CT molecular complexity index is 1520. The van der Waals surface area contributed by atoms with Crippen molar-refractivity contribution in [2.24, 2.45) is 4.99 Å². The van der Waals surface area contributed by atoms with E-state index in [2.05, 4.69) is 17.6 Å². The highest BCUT2D eigenvalue weighted by atomic mass is 32.2. The number of nitrogens with one attached hydrogen (secondary N) is 2. The Morgan fingerprint density at radius 3 is 2.32 bits per heavy atom. The zero-order valence-electron chi connectivity index (χ0n) is 23.9. The maximum atomic E-state index is 13.3. The smallest absolute Gasteiger partial charge is 0.251 e. The van der Waals surface area contributed by atoms with E-state index in [0.29, 0.717) is 53.5 Å². The molecule has 0 aliphatic carbocycles. The van der Waals surface area contributed by atoms with Gasteiger partial charge in [0, 0.05) is 30.9 Å². The minimum Gasteiger partial charge on any atom is -0.352 e. The average molecular weight is 576 g/mol. The number of carbonyl (C=O) groups is 2. The van der Waals surface area contributed by atoms with Crippen molar-refractivity contribution in [1.82, 2.24) is 10.2 Å². The topological polar surface area (TPSA) is 111 Å². The standard InChI is InChI=1S/C31H37N5O4S/c1-5-6-18-32-30(37)23-12-17-27-26(21-23)28(31(38)34-27)29(22-10-8-7-9-11-22)33-24-13-15-25(16-14-24)36(41(4,39)40)20-19-35(2)3/h7-17,21,28H,5-6,18-20H2,1-4H3,(H,32,37)(H,34,38). The molecule has 1 aliphatic heterocycles. The first-order chi connectivity index (χ1) is 19.6. The zero-order chi connectivity index (χ0) is 29.6. The molecule has 216 valence electrons. The molecule has 0 radical (unpaired) electrons. The summed E-state index contributed by atoms with van der Waals surface area (Å²) in [6.45, 7) is 3.54. The molecule has 0 saturated heterocycles. The van der Waals surface area contributed by atoms with Crippen molar-refractivity contribution in [1.29, 1.82) is 0 Å². The SMILES string of the molecule is CCCCNC(=O)c1ccc2c(c1)C(C(=Nc1ccc(N(CCN(C)C)S(C)(=O)=O)cc1)c1ccccc1)C(=O)N2. The average Bonchev–Trinajstić information content (AvgIpc) is 3.27. The largest absolute Gasteiger partial charge is 0.352 e. The van der Waals surface area contributed by atoms with Gasteiger partial charge in [-0.15, -0.1) is 0 Å². The van der Waals surface area contributed by atoms with Gasteiger partial charge in [0.1, 0.15) is 5.92 Å². The van der Waals surface area contributed by atoms with Gasteiger partial charge in [0.25, 0.3) is 5.91 Å². The summed E-state index contributed by atoms with van der Waals surface area (Å²) in [5, 5.41) is 5.87. The number of aliphatic imine (C=N–C) groups is 1. The van der Waals surface area contributed by atoms with E-state index < -0.39 is 15.9 Å². The molecule has 4 rings (SSSR count). The van der Waals surface area contributed by atoms with E-state index >= 15 is 0 Å². The summed E-state index contributed by atoms with van der Waals surface area (Å²) < 4.78 is 26.3. The first-order valence-electron chi connectivity index (χ1n) is 13.7. The molecule has 0 spiro atoms. The van der Waals surface area contributed by atoms with Gasteiger partial charge >= 0.3 is 0 Å². The van der Waals surface area contributed by atoms with E-state index in [4.69, 9.17) is 4.99 Å². The molecule has 0 fully saturated rings. The number of anilines is 2. The molecule has 9 nitrogen and oxygen atoms in total. The van der Waals surface area contributed by atoms with Crippen molar-refractivity contribution in [2.45, 2.75) is 25.7 Å². The fourth-order valence-corrected chi connectivity index (χ4v) is 5.59. The number of amides is 2. The zero-order valence-corrected chi connectivity index (χ0v) is 24.7. The number of benzene rings is 3. The molecule has 2 amide bonds. The monoisotopic (exact) mass is 575 g/mol. The van der Waals surface area contributed by atoms with Gasteiger partial charge in [0.15, 0.2) is 0 Å². The summed E-state index contributed by atoms with van der Waals surface area (Å²) in [6.07, 6.45) is 3.06. The third-order valence-corrected chi connectivity index (χ3v) is 8.04. The van der Waals surface area contributed by atoms with Crippen molar-refractivity contribution in [3.63, 3.8) is 0 Å². The number of carbonyl (C=O) groups excluding carboxylic acids is 2. The highest BCUT2D eigenvalue weighted by molar-refractivity contribution is 7.92. The predicted molar refractivity (Wildman–Crippen MR) is 165 cm³/mol. The Kier molecular flexibility index (Phi) is 9.57. The van der Waals surface area contributed by atoms with Crippen LogP contribution < -0.4 is 14.9 Å². The van der Waals surface area contributed by atoms with E-state index in [0.717, 1.165) is 18.4 Å². The summed E-state index contributed by atoms with van der Waals surface area (Å²) >= 11 is 0. The molecule has 3 aromatic rings. The van der Waals surface area contributed by atoms with Gasteiger partial charge in [-0.2, -0.15) is 0 Å². The van der Waals surface area contributed by atoms with Crippen molar-refractivity contribution in [2.75, 3.05) is 49.6 Å². The second kappa shape index (κ2) is 13.1.